The van der Waals surface area contributed by atoms with Gasteiger partial charge in [0.05, 0.1) is 24.6 Å². The molecule has 2 aromatic carbocycles. The van der Waals surface area contributed by atoms with Crippen molar-refractivity contribution in [3.63, 3.8) is 0 Å². The van der Waals surface area contributed by atoms with E-state index < -0.39 is 15.8 Å². The monoisotopic (exact) mass is 406 g/mol. The zero-order chi connectivity index (χ0) is 20.5. The van der Waals surface area contributed by atoms with Crippen molar-refractivity contribution in [1.29, 1.82) is 0 Å². The SMILES string of the molecule is COc1ccc(C[C@H](C)NS(=O)(=O)c2ccc3oc(=O)n(C)c3c2)cc1OC. The number of ether oxygens (including phenoxy) is 2. The molecule has 8 nitrogen and oxygen atoms in total. The van der Waals surface area contributed by atoms with Crippen molar-refractivity contribution in [2.75, 3.05) is 14.2 Å². The molecule has 0 radical (unpaired) electrons. The minimum atomic E-state index is -3.77. The van der Waals surface area contributed by atoms with Crippen LogP contribution in [0.15, 0.2) is 50.5 Å². The second-order valence-corrected chi connectivity index (χ2v) is 8.19. The van der Waals surface area contributed by atoms with Gasteiger partial charge in [-0.3, -0.25) is 4.57 Å². The van der Waals surface area contributed by atoms with Gasteiger partial charge in [-0.05, 0) is 49.2 Å². The van der Waals surface area contributed by atoms with Crippen LogP contribution in [-0.4, -0.2) is 33.2 Å². The van der Waals surface area contributed by atoms with Crippen LogP contribution in [0.2, 0.25) is 0 Å². The highest BCUT2D eigenvalue weighted by Gasteiger charge is 2.20. The van der Waals surface area contributed by atoms with E-state index in [4.69, 9.17) is 13.9 Å². The molecule has 1 aromatic heterocycles. The van der Waals surface area contributed by atoms with Crippen LogP contribution in [0.4, 0.5) is 0 Å². The average molecular weight is 406 g/mol. The zero-order valence-corrected chi connectivity index (χ0v) is 16.9. The van der Waals surface area contributed by atoms with E-state index in [0.29, 0.717) is 29.0 Å². The maximum absolute atomic E-state index is 12.7. The van der Waals surface area contributed by atoms with Gasteiger partial charge in [0.25, 0.3) is 0 Å². The molecule has 0 saturated carbocycles. The van der Waals surface area contributed by atoms with Crippen molar-refractivity contribution in [2.45, 2.75) is 24.3 Å². The Morgan fingerprint density at radius 1 is 1.11 bits per heavy atom. The maximum Gasteiger partial charge on any atom is 0.419 e. The first-order valence-corrected chi connectivity index (χ1v) is 10.1. The van der Waals surface area contributed by atoms with Crippen molar-refractivity contribution in [3.05, 3.63) is 52.5 Å². The van der Waals surface area contributed by atoms with Crippen LogP contribution in [0.3, 0.4) is 0 Å². The summed E-state index contributed by atoms with van der Waals surface area (Å²) < 4.78 is 44.9. The summed E-state index contributed by atoms with van der Waals surface area (Å²) in [7, 11) is 0.861. The predicted octanol–water partition coefficient (Wildman–Crippen LogP) is 2.06. The number of fused-ring (bicyclic) bond motifs is 1. The lowest BCUT2D eigenvalue weighted by Gasteiger charge is -2.16. The largest absolute Gasteiger partial charge is 0.493 e. The predicted molar refractivity (Wildman–Crippen MR) is 104 cm³/mol. The first-order chi connectivity index (χ1) is 13.2. The van der Waals surface area contributed by atoms with Gasteiger partial charge in [0.1, 0.15) is 0 Å². The smallest absolute Gasteiger partial charge is 0.419 e. The Labute approximate surface area is 162 Å². The van der Waals surface area contributed by atoms with E-state index in [9.17, 15) is 13.2 Å². The maximum atomic E-state index is 12.7. The molecule has 0 spiro atoms. The summed E-state index contributed by atoms with van der Waals surface area (Å²) in [5, 5.41) is 0. The first-order valence-electron chi connectivity index (χ1n) is 8.58. The van der Waals surface area contributed by atoms with E-state index in [1.807, 2.05) is 12.1 Å². The van der Waals surface area contributed by atoms with Gasteiger partial charge in [0.15, 0.2) is 17.1 Å². The van der Waals surface area contributed by atoms with Gasteiger partial charge in [0, 0.05) is 13.1 Å². The first kappa shape index (κ1) is 20.0. The molecule has 3 aromatic rings. The molecule has 1 atom stereocenters. The quantitative estimate of drug-likeness (QED) is 0.645. The average Bonchev–Trinajstić information content (AvgIpc) is 2.94. The molecule has 0 aliphatic carbocycles. The van der Waals surface area contributed by atoms with Crippen LogP contribution in [0.5, 0.6) is 11.5 Å². The second kappa shape index (κ2) is 7.69. The molecular formula is C19H22N2O6S. The summed E-state index contributed by atoms with van der Waals surface area (Å²) in [6.45, 7) is 1.78. The molecule has 9 heteroatoms. The Morgan fingerprint density at radius 3 is 2.50 bits per heavy atom. The molecule has 0 amide bonds. The Bertz CT molecular complexity index is 1160. The van der Waals surface area contributed by atoms with Crippen LogP contribution < -0.4 is 20.0 Å². The third-order valence-corrected chi connectivity index (χ3v) is 6.01. The standard InChI is InChI=1S/C19H22N2O6S/c1-12(9-13-5-7-17(25-3)18(10-13)26-4)20-28(23,24)14-6-8-16-15(11-14)21(2)19(22)27-16/h5-8,10-12,20H,9H2,1-4H3/t12-/m0/s1. The number of sulfonamides is 1. The lowest BCUT2D eigenvalue weighted by atomic mass is 10.1. The molecule has 0 bridgehead atoms. The van der Waals surface area contributed by atoms with Crippen LogP contribution >= 0.6 is 0 Å². The number of oxazole rings is 1. The fourth-order valence-corrected chi connectivity index (χ4v) is 4.27. The number of rotatable bonds is 7. The number of nitrogens with one attached hydrogen (secondary N) is 1. The van der Waals surface area contributed by atoms with Gasteiger partial charge in [-0.2, -0.15) is 0 Å². The molecule has 0 unspecified atom stereocenters. The lowest BCUT2D eigenvalue weighted by molar-refractivity contribution is 0.354. The molecule has 1 heterocycles. The molecule has 28 heavy (non-hydrogen) atoms. The molecule has 0 aliphatic heterocycles. The van der Waals surface area contributed by atoms with Crippen molar-refractivity contribution >= 4 is 21.1 Å². The molecule has 0 fully saturated rings. The van der Waals surface area contributed by atoms with Gasteiger partial charge < -0.3 is 13.9 Å². The number of aromatic nitrogens is 1. The van der Waals surface area contributed by atoms with Crippen LogP contribution in [0, 0.1) is 0 Å². The molecule has 0 saturated heterocycles. The molecule has 3 rings (SSSR count). The topological polar surface area (TPSA) is 99.8 Å². The van der Waals surface area contributed by atoms with E-state index in [1.54, 1.807) is 27.2 Å². The highest BCUT2D eigenvalue weighted by molar-refractivity contribution is 7.89. The van der Waals surface area contributed by atoms with Crippen molar-refractivity contribution < 1.29 is 22.3 Å². The van der Waals surface area contributed by atoms with E-state index >= 15 is 0 Å². The van der Waals surface area contributed by atoms with Crippen molar-refractivity contribution in [1.82, 2.24) is 9.29 Å². The van der Waals surface area contributed by atoms with Crippen LogP contribution in [0.25, 0.3) is 11.1 Å². The van der Waals surface area contributed by atoms with Crippen LogP contribution in [0.1, 0.15) is 12.5 Å². The number of aryl methyl sites for hydroxylation is 1. The Morgan fingerprint density at radius 2 is 1.82 bits per heavy atom. The van der Waals surface area contributed by atoms with Gasteiger partial charge in [-0.25, -0.2) is 17.9 Å². The summed E-state index contributed by atoms with van der Waals surface area (Å²) >= 11 is 0. The van der Waals surface area contributed by atoms with Gasteiger partial charge in [0.2, 0.25) is 10.0 Å². The number of methoxy groups -OCH3 is 2. The normalized spacial score (nSPS) is 12.9. The van der Waals surface area contributed by atoms with Gasteiger partial charge in [-0.15, -0.1) is 0 Å². The Balaban J connectivity index is 1.80. The molecule has 1 N–H and O–H groups in total. The fraction of sp³-hybridized carbons (Fsp3) is 0.316. The number of benzene rings is 2. The third-order valence-electron chi connectivity index (χ3n) is 4.42. The minimum absolute atomic E-state index is 0.0653. The van der Waals surface area contributed by atoms with Crippen molar-refractivity contribution in [3.8, 4) is 11.5 Å². The summed E-state index contributed by atoms with van der Waals surface area (Å²) in [4.78, 5) is 11.7. The van der Waals surface area contributed by atoms with E-state index in [2.05, 4.69) is 4.72 Å². The van der Waals surface area contributed by atoms with Crippen molar-refractivity contribution in [2.24, 2.45) is 7.05 Å². The number of hydrogen-bond acceptors (Lipinski definition) is 6. The molecular weight excluding hydrogens is 384 g/mol. The molecule has 150 valence electrons. The summed E-state index contributed by atoms with van der Waals surface area (Å²) in [5.41, 5.74) is 1.66. The summed E-state index contributed by atoms with van der Waals surface area (Å²) in [6, 6.07) is 9.40. The van der Waals surface area contributed by atoms with E-state index in [1.165, 1.54) is 29.8 Å². The van der Waals surface area contributed by atoms with Gasteiger partial charge in [-0.1, -0.05) is 6.07 Å². The van der Waals surface area contributed by atoms with E-state index in [-0.39, 0.29) is 10.9 Å². The number of hydrogen-bond donors (Lipinski definition) is 1. The highest BCUT2D eigenvalue weighted by Crippen LogP contribution is 2.28. The van der Waals surface area contributed by atoms with Crippen LogP contribution in [-0.2, 0) is 23.5 Å². The Kier molecular flexibility index (Phi) is 5.48. The van der Waals surface area contributed by atoms with Gasteiger partial charge >= 0.3 is 5.76 Å². The molecule has 0 aliphatic rings. The third kappa shape index (κ3) is 3.90. The lowest BCUT2D eigenvalue weighted by Crippen LogP contribution is -2.34. The minimum Gasteiger partial charge on any atom is -0.493 e. The fourth-order valence-electron chi connectivity index (χ4n) is 3.01. The highest BCUT2D eigenvalue weighted by atomic mass is 32.2. The summed E-state index contributed by atoms with van der Waals surface area (Å²) in [6.07, 6.45) is 0.464. The van der Waals surface area contributed by atoms with E-state index in [0.717, 1.165) is 5.56 Å². The zero-order valence-electron chi connectivity index (χ0n) is 16.1. The second-order valence-electron chi connectivity index (χ2n) is 6.47. The Hall–Kier alpha value is -2.78. The summed E-state index contributed by atoms with van der Waals surface area (Å²) in [5.74, 6) is 0.652. The number of nitrogens with zero attached hydrogens (tertiary/aromatic N) is 1.